The Morgan fingerprint density at radius 1 is 1.32 bits per heavy atom. The average Bonchev–Trinajstić information content (AvgIpc) is 3.18. The highest BCUT2D eigenvalue weighted by atomic mass is 16.5. The van der Waals surface area contributed by atoms with Crippen molar-refractivity contribution in [1.82, 2.24) is 19.5 Å². The fourth-order valence-electron chi connectivity index (χ4n) is 2.30. The lowest BCUT2D eigenvalue weighted by molar-refractivity contribution is 0.192. The van der Waals surface area contributed by atoms with E-state index in [0.29, 0.717) is 12.5 Å². The number of hydrogen-bond acceptors (Lipinski definition) is 5. The van der Waals surface area contributed by atoms with E-state index in [0.717, 1.165) is 30.1 Å². The summed E-state index contributed by atoms with van der Waals surface area (Å²) in [4.78, 5) is 8.66. The minimum Gasteiger partial charge on any atom is -0.381 e. The molecule has 1 atom stereocenters. The molecule has 1 aliphatic rings. The summed E-state index contributed by atoms with van der Waals surface area (Å²) in [6.07, 6.45) is 6.54. The number of aromatic nitrogens is 4. The van der Waals surface area contributed by atoms with Crippen molar-refractivity contribution in [3.8, 4) is 11.5 Å². The molecule has 19 heavy (non-hydrogen) atoms. The van der Waals surface area contributed by atoms with Gasteiger partial charge in [-0.15, -0.1) is 0 Å². The normalized spacial score (nSPS) is 19.3. The third kappa shape index (κ3) is 1.80. The monoisotopic (exact) mass is 256 g/mol. The van der Waals surface area contributed by atoms with E-state index >= 15 is 0 Å². The number of ether oxygens (including phenoxy) is 1. The van der Waals surface area contributed by atoms with Crippen LogP contribution in [0.25, 0.3) is 17.1 Å². The van der Waals surface area contributed by atoms with Crippen LogP contribution in [0.15, 0.2) is 35.2 Å². The van der Waals surface area contributed by atoms with Crippen LogP contribution < -0.4 is 0 Å². The molecule has 0 N–H and O–H groups in total. The van der Waals surface area contributed by atoms with E-state index in [-0.39, 0.29) is 5.92 Å². The van der Waals surface area contributed by atoms with Gasteiger partial charge >= 0.3 is 0 Å². The van der Waals surface area contributed by atoms with Crippen molar-refractivity contribution in [2.75, 3.05) is 13.2 Å². The molecule has 1 fully saturated rings. The molecule has 0 unspecified atom stereocenters. The van der Waals surface area contributed by atoms with E-state index in [1.165, 1.54) is 0 Å². The Hall–Kier alpha value is -2.21. The van der Waals surface area contributed by atoms with Crippen molar-refractivity contribution in [3.63, 3.8) is 0 Å². The summed E-state index contributed by atoms with van der Waals surface area (Å²) in [6, 6.07) is 3.86. The molecule has 0 aromatic carbocycles. The molecule has 0 aliphatic carbocycles. The topological polar surface area (TPSA) is 65.5 Å². The number of fused-ring (bicyclic) bond motifs is 1. The van der Waals surface area contributed by atoms with Gasteiger partial charge in [0, 0.05) is 31.1 Å². The van der Waals surface area contributed by atoms with Crippen molar-refractivity contribution in [1.29, 1.82) is 0 Å². The van der Waals surface area contributed by atoms with Gasteiger partial charge in [-0.1, -0.05) is 5.16 Å². The number of rotatable bonds is 2. The van der Waals surface area contributed by atoms with Crippen molar-refractivity contribution in [3.05, 3.63) is 36.5 Å². The smallest absolute Gasteiger partial charge is 0.259 e. The van der Waals surface area contributed by atoms with E-state index in [1.54, 1.807) is 6.20 Å². The highest BCUT2D eigenvalue weighted by molar-refractivity contribution is 5.55. The summed E-state index contributed by atoms with van der Waals surface area (Å²) >= 11 is 0. The first-order valence-electron chi connectivity index (χ1n) is 6.24. The molecule has 3 aromatic heterocycles. The molecular formula is C13H12N4O2. The standard InChI is InChI=1S/C13H12N4O2/c1-2-11-14-4-5-17(11)7-9(1)13-15-12(16-19-13)10-3-6-18-8-10/h1-2,4-5,7,10H,3,6,8H2/t10-/m0/s1. The zero-order chi connectivity index (χ0) is 12.7. The molecule has 4 heterocycles. The summed E-state index contributed by atoms with van der Waals surface area (Å²) in [6.45, 7) is 1.45. The van der Waals surface area contributed by atoms with E-state index in [9.17, 15) is 0 Å². The lowest BCUT2D eigenvalue weighted by Gasteiger charge is -1.98. The summed E-state index contributed by atoms with van der Waals surface area (Å²) in [5.74, 6) is 1.53. The largest absolute Gasteiger partial charge is 0.381 e. The highest BCUT2D eigenvalue weighted by Crippen LogP contribution is 2.25. The van der Waals surface area contributed by atoms with Crippen LogP contribution in [0, 0.1) is 0 Å². The van der Waals surface area contributed by atoms with Crippen LogP contribution in [-0.4, -0.2) is 32.7 Å². The summed E-state index contributed by atoms with van der Waals surface area (Å²) in [7, 11) is 0. The highest BCUT2D eigenvalue weighted by Gasteiger charge is 2.23. The van der Waals surface area contributed by atoms with Crippen LogP contribution >= 0.6 is 0 Å². The quantitative estimate of drug-likeness (QED) is 0.700. The van der Waals surface area contributed by atoms with E-state index < -0.39 is 0 Å². The third-order valence-corrected chi connectivity index (χ3v) is 3.37. The van der Waals surface area contributed by atoms with Crippen LogP contribution in [0.5, 0.6) is 0 Å². The SMILES string of the molecule is c1cn2cc(-c3nc([C@H]4CCOC4)no3)ccc2n1. The van der Waals surface area contributed by atoms with Gasteiger partial charge in [0.15, 0.2) is 5.82 Å². The number of hydrogen-bond donors (Lipinski definition) is 0. The Labute approximate surface area is 109 Å². The fraction of sp³-hybridized carbons (Fsp3) is 0.308. The average molecular weight is 256 g/mol. The van der Waals surface area contributed by atoms with Crippen LogP contribution in [0.3, 0.4) is 0 Å². The van der Waals surface area contributed by atoms with Crippen LogP contribution in [0.2, 0.25) is 0 Å². The molecule has 3 aromatic rings. The third-order valence-electron chi connectivity index (χ3n) is 3.37. The Bertz CT molecular complexity index is 712. The van der Waals surface area contributed by atoms with E-state index in [4.69, 9.17) is 9.26 Å². The first kappa shape index (κ1) is 10.7. The van der Waals surface area contributed by atoms with Crippen LogP contribution in [-0.2, 0) is 4.74 Å². The first-order valence-corrected chi connectivity index (χ1v) is 6.24. The van der Waals surface area contributed by atoms with Gasteiger partial charge in [-0.2, -0.15) is 4.98 Å². The Morgan fingerprint density at radius 2 is 2.32 bits per heavy atom. The molecule has 1 aliphatic heterocycles. The molecule has 1 saturated heterocycles. The van der Waals surface area contributed by atoms with Gasteiger partial charge in [0.25, 0.3) is 5.89 Å². The molecule has 0 radical (unpaired) electrons. The lowest BCUT2D eigenvalue weighted by atomic mass is 10.1. The summed E-state index contributed by atoms with van der Waals surface area (Å²) in [5.41, 5.74) is 1.79. The minimum absolute atomic E-state index is 0.259. The first-order chi connectivity index (χ1) is 9.40. The Morgan fingerprint density at radius 3 is 3.21 bits per heavy atom. The zero-order valence-corrected chi connectivity index (χ0v) is 10.2. The molecule has 0 amide bonds. The van der Waals surface area contributed by atoms with Gasteiger partial charge in [0.1, 0.15) is 5.65 Å². The lowest BCUT2D eigenvalue weighted by Crippen LogP contribution is -1.99. The molecular weight excluding hydrogens is 244 g/mol. The van der Waals surface area contributed by atoms with Crippen LogP contribution in [0.1, 0.15) is 18.2 Å². The van der Waals surface area contributed by atoms with Gasteiger partial charge in [-0.05, 0) is 18.6 Å². The predicted molar refractivity (Wildman–Crippen MR) is 66.7 cm³/mol. The van der Waals surface area contributed by atoms with Crippen molar-refractivity contribution < 1.29 is 9.26 Å². The Balaban J connectivity index is 1.70. The second-order valence-corrected chi connectivity index (χ2v) is 4.63. The van der Waals surface area contributed by atoms with Gasteiger partial charge < -0.3 is 13.7 Å². The second-order valence-electron chi connectivity index (χ2n) is 4.63. The second kappa shape index (κ2) is 4.17. The van der Waals surface area contributed by atoms with Crippen LogP contribution in [0.4, 0.5) is 0 Å². The maximum absolute atomic E-state index is 5.34. The van der Waals surface area contributed by atoms with Crippen molar-refractivity contribution >= 4 is 5.65 Å². The minimum atomic E-state index is 0.259. The molecule has 0 spiro atoms. The number of imidazole rings is 1. The molecule has 6 nitrogen and oxygen atoms in total. The number of pyridine rings is 1. The van der Waals surface area contributed by atoms with Gasteiger partial charge in [0.05, 0.1) is 12.2 Å². The molecule has 0 saturated carbocycles. The summed E-state index contributed by atoms with van der Waals surface area (Å²) < 4.78 is 12.6. The van der Waals surface area contributed by atoms with Gasteiger partial charge in [-0.25, -0.2) is 4.98 Å². The molecule has 6 heteroatoms. The Kier molecular flexibility index (Phi) is 2.34. The molecule has 4 rings (SSSR count). The van der Waals surface area contributed by atoms with Crippen molar-refractivity contribution in [2.24, 2.45) is 0 Å². The fourth-order valence-corrected chi connectivity index (χ4v) is 2.30. The summed E-state index contributed by atoms with van der Waals surface area (Å²) in [5, 5.41) is 4.05. The molecule has 96 valence electrons. The van der Waals surface area contributed by atoms with E-state index in [2.05, 4.69) is 15.1 Å². The zero-order valence-electron chi connectivity index (χ0n) is 10.2. The predicted octanol–water partition coefficient (Wildman–Crippen LogP) is 1.89. The maximum Gasteiger partial charge on any atom is 0.259 e. The van der Waals surface area contributed by atoms with Gasteiger partial charge in [0.2, 0.25) is 0 Å². The van der Waals surface area contributed by atoms with Gasteiger partial charge in [-0.3, -0.25) is 0 Å². The number of nitrogens with zero attached hydrogens (tertiary/aromatic N) is 4. The maximum atomic E-state index is 5.34. The van der Waals surface area contributed by atoms with Crippen molar-refractivity contribution in [2.45, 2.75) is 12.3 Å². The van der Waals surface area contributed by atoms with E-state index in [1.807, 2.05) is 28.9 Å². The molecule has 0 bridgehead atoms.